The molecule has 0 saturated carbocycles. The third-order valence-corrected chi connectivity index (χ3v) is 2.27. The van der Waals surface area contributed by atoms with E-state index in [2.05, 4.69) is 0 Å². The molecule has 2 nitrogen and oxygen atoms in total. The first-order valence-electron chi connectivity index (χ1n) is 4.21. The van der Waals surface area contributed by atoms with Crippen molar-refractivity contribution in [2.45, 2.75) is 38.7 Å². The van der Waals surface area contributed by atoms with E-state index in [-0.39, 0.29) is 6.04 Å². The molecule has 1 unspecified atom stereocenters. The standard InChI is InChI=1S/C8H13F2NO/c1-6-4-2-3-5-11(6)8(12)7(9)10/h6-7H,2-5H2,1H3. The lowest BCUT2D eigenvalue weighted by molar-refractivity contribution is -0.146. The van der Waals surface area contributed by atoms with Crippen molar-refractivity contribution in [2.24, 2.45) is 0 Å². The Balaban J connectivity index is 2.53. The van der Waals surface area contributed by atoms with Crippen LogP contribution >= 0.6 is 0 Å². The van der Waals surface area contributed by atoms with Crippen molar-refractivity contribution in [3.8, 4) is 0 Å². The van der Waals surface area contributed by atoms with Crippen LogP contribution < -0.4 is 0 Å². The Morgan fingerprint density at radius 1 is 1.50 bits per heavy atom. The van der Waals surface area contributed by atoms with Gasteiger partial charge >= 0.3 is 6.43 Å². The van der Waals surface area contributed by atoms with Gasteiger partial charge in [0, 0.05) is 12.6 Å². The maximum Gasteiger partial charge on any atom is 0.315 e. The number of piperidine rings is 1. The number of rotatable bonds is 1. The Kier molecular flexibility index (Phi) is 3.00. The topological polar surface area (TPSA) is 20.3 Å². The van der Waals surface area contributed by atoms with Crippen molar-refractivity contribution in [3.63, 3.8) is 0 Å². The summed E-state index contributed by atoms with van der Waals surface area (Å²) in [4.78, 5) is 12.2. The van der Waals surface area contributed by atoms with Crippen molar-refractivity contribution in [2.75, 3.05) is 6.54 Å². The largest absolute Gasteiger partial charge is 0.335 e. The van der Waals surface area contributed by atoms with E-state index >= 15 is 0 Å². The highest BCUT2D eigenvalue weighted by Gasteiger charge is 2.28. The molecular weight excluding hydrogens is 164 g/mol. The quantitative estimate of drug-likeness (QED) is 0.596. The summed E-state index contributed by atoms with van der Waals surface area (Å²) in [5, 5.41) is 0. The van der Waals surface area contributed by atoms with Crippen molar-refractivity contribution in [3.05, 3.63) is 0 Å². The molecule has 1 amide bonds. The molecule has 1 aliphatic heterocycles. The summed E-state index contributed by atoms with van der Waals surface area (Å²) >= 11 is 0. The molecule has 1 aliphatic rings. The van der Waals surface area contributed by atoms with Gasteiger partial charge in [-0.1, -0.05) is 0 Å². The van der Waals surface area contributed by atoms with Gasteiger partial charge in [-0.15, -0.1) is 0 Å². The van der Waals surface area contributed by atoms with Gasteiger partial charge in [0.2, 0.25) is 0 Å². The molecular formula is C8H13F2NO. The van der Waals surface area contributed by atoms with Gasteiger partial charge in [0.05, 0.1) is 0 Å². The van der Waals surface area contributed by atoms with Gasteiger partial charge < -0.3 is 4.90 Å². The van der Waals surface area contributed by atoms with Gasteiger partial charge in [-0.3, -0.25) is 4.79 Å². The molecule has 12 heavy (non-hydrogen) atoms. The van der Waals surface area contributed by atoms with E-state index in [1.807, 2.05) is 6.92 Å². The number of amides is 1. The molecule has 0 aromatic carbocycles. The minimum absolute atomic E-state index is 0.0137. The van der Waals surface area contributed by atoms with E-state index in [1.165, 1.54) is 4.90 Å². The summed E-state index contributed by atoms with van der Waals surface area (Å²) < 4.78 is 24.0. The summed E-state index contributed by atoms with van der Waals surface area (Å²) in [5.41, 5.74) is 0. The van der Waals surface area contributed by atoms with Crippen LogP contribution in [0.2, 0.25) is 0 Å². The zero-order chi connectivity index (χ0) is 9.14. The van der Waals surface area contributed by atoms with Gasteiger partial charge in [0.15, 0.2) is 0 Å². The number of likely N-dealkylation sites (tertiary alicyclic amines) is 1. The maximum atomic E-state index is 12.0. The minimum atomic E-state index is -2.84. The summed E-state index contributed by atoms with van der Waals surface area (Å²) in [5.74, 6) is -1.01. The van der Waals surface area contributed by atoms with Crippen LogP contribution in [-0.4, -0.2) is 29.8 Å². The number of nitrogens with zero attached hydrogens (tertiary/aromatic N) is 1. The molecule has 1 rings (SSSR count). The lowest BCUT2D eigenvalue weighted by Gasteiger charge is -2.32. The SMILES string of the molecule is CC1CCCCN1C(=O)C(F)F. The second kappa shape index (κ2) is 3.83. The smallest absolute Gasteiger partial charge is 0.315 e. The van der Waals surface area contributed by atoms with Gasteiger partial charge in [0.1, 0.15) is 0 Å². The van der Waals surface area contributed by atoms with E-state index in [4.69, 9.17) is 0 Å². The Morgan fingerprint density at radius 3 is 2.67 bits per heavy atom. The molecule has 70 valence electrons. The van der Waals surface area contributed by atoms with E-state index in [9.17, 15) is 13.6 Å². The first-order chi connectivity index (χ1) is 5.63. The van der Waals surface area contributed by atoms with Gasteiger partial charge in [-0.05, 0) is 26.2 Å². The average molecular weight is 177 g/mol. The van der Waals surface area contributed by atoms with Crippen LogP contribution in [0.4, 0.5) is 8.78 Å². The highest BCUT2D eigenvalue weighted by atomic mass is 19.3. The van der Waals surface area contributed by atoms with Crippen LogP contribution in [0.1, 0.15) is 26.2 Å². The fourth-order valence-electron chi connectivity index (χ4n) is 1.55. The van der Waals surface area contributed by atoms with Crippen LogP contribution in [0.3, 0.4) is 0 Å². The predicted molar refractivity (Wildman–Crippen MR) is 41.0 cm³/mol. The number of carbonyl (C=O) groups excluding carboxylic acids is 1. The summed E-state index contributed by atoms with van der Waals surface area (Å²) in [6, 6.07) is -0.0137. The van der Waals surface area contributed by atoms with E-state index < -0.39 is 12.3 Å². The van der Waals surface area contributed by atoms with Crippen LogP contribution in [0.5, 0.6) is 0 Å². The highest BCUT2D eigenvalue weighted by Crippen LogP contribution is 2.18. The Morgan fingerprint density at radius 2 is 2.17 bits per heavy atom. The van der Waals surface area contributed by atoms with Crippen molar-refractivity contribution < 1.29 is 13.6 Å². The molecule has 0 spiro atoms. The van der Waals surface area contributed by atoms with E-state index in [0.29, 0.717) is 6.54 Å². The molecule has 1 heterocycles. The summed E-state index contributed by atoms with van der Waals surface area (Å²) in [6.45, 7) is 2.31. The number of hydrogen-bond donors (Lipinski definition) is 0. The van der Waals surface area contributed by atoms with Crippen LogP contribution in [0.15, 0.2) is 0 Å². The molecule has 0 radical (unpaired) electrons. The monoisotopic (exact) mass is 177 g/mol. The fourth-order valence-corrected chi connectivity index (χ4v) is 1.55. The number of halogens is 2. The van der Waals surface area contributed by atoms with Crippen molar-refractivity contribution in [1.82, 2.24) is 4.90 Å². The molecule has 0 aromatic heterocycles. The lowest BCUT2D eigenvalue weighted by Crippen LogP contribution is -2.44. The predicted octanol–water partition coefficient (Wildman–Crippen LogP) is 1.65. The second-order valence-electron chi connectivity index (χ2n) is 3.18. The van der Waals surface area contributed by atoms with Gasteiger partial charge in [-0.2, -0.15) is 8.78 Å². The molecule has 1 saturated heterocycles. The number of alkyl halides is 2. The zero-order valence-electron chi connectivity index (χ0n) is 7.09. The molecule has 1 fully saturated rings. The third kappa shape index (κ3) is 1.93. The second-order valence-corrected chi connectivity index (χ2v) is 3.18. The fraction of sp³-hybridized carbons (Fsp3) is 0.875. The van der Waals surface area contributed by atoms with Crippen LogP contribution in [-0.2, 0) is 4.79 Å². The maximum absolute atomic E-state index is 12.0. The van der Waals surface area contributed by atoms with Crippen molar-refractivity contribution in [1.29, 1.82) is 0 Å². The van der Waals surface area contributed by atoms with E-state index in [0.717, 1.165) is 19.3 Å². The average Bonchev–Trinajstić information content (AvgIpc) is 2.04. The molecule has 0 aromatic rings. The van der Waals surface area contributed by atoms with Crippen LogP contribution in [0, 0.1) is 0 Å². The lowest BCUT2D eigenvalue weighted by atomic mass is 10.0. The normalized spacial score (nSPS) is 24.7. The number of carbonyl (C=O) groups is 1. The molecule has 0 bridgehead atoms. The minimum Gasteiger partial charge on any atom is -0.335 e. The Bertz CT molecular complexity index is 172. The van der Waals surface area contributed by atoms with Gasteiger partial charge in [0.25, 0.3) is 5.91 Å². The number of hydrogen-bond acceptors (Lipinski definition) is 1. The first kappa shape index (κ1) is 9.42. The molecule has 1 atom stereocenters. The van der Waals surface area contributed by atoms with E-state index in [1.54, 1.807) is 0 Å². The Labute approximate surface area is 70.5 Å². The Hall–Kier alpha value is -0.670. The van der Waals surface area contributed by atoms with Gasteiger partial charge in [-0.25, -0.2) is 0 Å². The van der Waals surface area contributed by atoms with Crippen LogP contribution in [0.25, 0.3) is 0 Å². The van der Waals surface area contributed by atoms with Crippen molar-refractivity contribution >= 4 is 5.91 Å². The third-order valence-electron chi connectivity index (χ3n) is 2.27. The summed E-state index contributed by atoms with van der Waals surface area (Å²) in [6.07, 6.45) is -0.110. The molecule has 0 N–H and O–H groups in total. The summed E-state index contributed by atoms with van der Waals surface area (Å²) in [7, 11) is 0. The zero-order valence-corrected chi connectivity index (χ0v) is 7.09. The highest BCUT2D eigenvalue weighted by molar-refractivity contribution is 5.79. The molecule has 4 heteroatoms. The first-order valence-corrected chi connectivity index (χ1v) is 4.21. The molecule has 0 aliphatic carbocycles.